The van der Waals surface area contributed by atoms with E-state index in [2.05, 4.69) is 5.32 Å². The summed E-state index contributed by atoms with van der Waals surface area (Å²) in [7, 11) is 0. The van der Waals surface area contributed by atoms with E-state index in [9.17, 15) is 13.2 Å². The number of nitrogens with one attached hydrogen (secondary N) is 1. The molecule has 0 aromatic carbocycles. The Hall–Kier alpha value is -0.290. The fraction of sp³-hybridized carbons (Fsp3) is 1.00. The Morgan fingerprint density at radius 3 is 2.50 bits per heavy atom. The topological polar surface area (TPSA) is 38.0 Å². The Morgan fingerprint density at radius 1 is 1.42 bits per heavy atom. The number of halogens is 3. The normalized spacial score (nSPS) is 32.0. The lowest BCUT2D eigenvalue weighted by Gasteiger charge is -2.33. The van der Waals surface area contributed by atoms with E-state index in [0.717, 1.165) is 6.42 Å². The molecule has 2 atom stereocenters. The van der Waals surface area contributed by atoms with Crippen molar-refractivity contribution >= 4 is 0 Å². The van der Waals surface area contributed by atoms with Gasteiger partial charge in [0.1, 0.15) is 6.04 Å². The van der Waals surface area contributed by atoms with E-state index < -0.39 is 18.1 Å². The fourth-order valence-electron chi connectivity index (χ4n) is 1.59. The first-order chi connectivity index (χ1) is 5.55. The van der Waals surface area contributed by atoms with Gasteiger partial charge in [0.15, 0.2) is 0 Å². The minimum Gasteiger partial charge on any atom is -0.330 e. The second kappa shape index (κ2) is 3.62. The molecule has 0 aromatic heterocycles. The van der Waals surface area contributed by atoms with Gasteiger partial charge < -0.3 is 11.1 Å². The monoisotopic (exact) mass is 182 g/mol. The summed E-state index contributed by atoms with van der Waals surface area (Å²) in [4.78, 5) is 0. The average Bonchev–Trinajstić information content (AvgIpc) is 2.03. The highest BCUT2D eigenvalue weighted by molar-refractivity contribution is 4.86. The van der Waals surface area contributed by atoms with Crippen LogP contribution in [0.5, 0.6) is 0 Å². The maximum atomic E-state index is 12.3. The molecule has 0 radical (unpaired) electrons. The van der Waals surface area contributed by atoms with Crippen molar-refractivity contribution in [2.45, 2.75) is 25.1 Å². The number of alkyl halides is 3. The van der Waals surface area contributed by atoms with Crippen LogP contribution < -0.4 is 11.1 Å². The minimum absolute atomic E-state index is 0.108. The minimum atomic E-state index is -4.15. The number of rotatable bonds is 1. The summed E-state index contributed by atoms with van der Waals surface area (Å²) in [6.45, 7) is 0.553. The molecular weight excluding hydrogens is 169 g/mol. The fourth-order valence-corrected chi connectivity index (χ4v) is 1.59. The van der Waals surface area contributed by atoms with E-state index in [1.165, 1.54) is 0 Å². The van der Waals surface area contributed by atoms with Gasteiger partial charge in [-0.25, -0.2) is 0 Å². The van der Waals surface area contributed by atoms with Gasteiger partial charge in [-0.1, -0.05) is 0 Å². The van der Waals surface area contributed by atoms with E-state index in [1.807, 2.05) is 0 Å². The molecule has 0 unspecified atom stereocenters. The molecule has 1 heterocycles. The molecule has 5 heteroatoms. The summed E-state index contributed by atoms with van der Waals surface area (Å²) in [5.41, 5.74) is 5.25. The number of piperidine rings is 1. The molecule has 1 fully saturated rings. The third-order valence-electron chi connectivity index (χ3n) is 2.24. The van der Waals surface area contributed by atoms with Crippen molar-refractivity contribution in [1.29, 1.82) is 0 Å². The lowest BCUT2D eigenvalue weighted by atomic mass is 9.90. The Labute approximate surface area is 69.3 Å². The van der Waals surface area contributed by atoms with E-state index in [4.69, 9.17) is 5.73 Å². The van der Waals surface area contributed by atoms with E-state index in [0.29, 0.717) is 13.0 Å². The van der Waals surface area contributed by atoms with Gasteiger partial charge in [0, 0.05) is 0 Å². The quantitative estimate of drug-likeness (QED) is 0.631. The van der Waals surface area contributed by atoms with Crippen molar-refractivity contribution in [2.75, 3.05) is 13.1 Å². The summed E-state index contributed by atoms with van der Waals surface area (Å²) >= 11 is 0. The second-order valence-electron chi connectivity index (χ2n) is 3.11. The van der Waals surface area contributed by atoms with Gasteiger partial charge in [-0.2, -0.15) is 13.2 Å². The molecule has 0 bridgehead atoms. The first-order valence-electron chi connectivity index (χ1n) is 4.06. The van der Waals surface area contributed by atoms with Crippen molar-refractivity contribution in [3.05, 3.63) is 0 Å². The molecule has 1 aliphatic heterocycles. The smallest absolute Gasteiger partial charge is 0.330 e. The lowest BCUT2D eigenvalue weighted by Crippen LogP contribution is -2.52. The van der Waals surface area contributed by atoms with Gasteiger partial charge in [-0.05, 0) is 31.8 Å². The SMILES string of the molecule is NC[C@H]1CCCN[C@@H]1C(F)(F)F. The molecule has 0 aromatic rings. The highest BCUT2D eigenvalue weighted by atomic mass is 19.4. The summed E-state index contributed by atoms with van der Waals surface area (Å²) < 4.78 is 36.8. The molecule has 72 valence electrons. The number of hydrogen-bond donors (Lipinski definition) is 2. The molecule has 1 saturated heterocycles. The molecule has 0 amide bonds. The largest absolute Gasteiger partial charge is 0.404 e. The highest BCUT2D eigenvalue weighted by Crippen LogP contribution is 2.29. The van der Waals surface area contributed by atoms with Crippen LogP contribution in [0, 0.1) is 5.92 Å². The van der Waals surface area contributed by atoms with Gasteiger partial charge in [0.25, 0.3) is 0 Å². The van der Waals surface area contributed by atoms with Crippen molar-refractivity contribution < 1.29 is 13.2 Å². The molecular formula is C7H13F3N2. The van der Waals surface area contributed by atoms with Crippen LogP contribution in [0.2, 0.25) is 0 Å². The predicted molar refractivity (Wildman–Crippen MR) is 39.6 cm³/mol. The summed E-state index contributed by atoms with van der Waals surface area (Å²) in [5, 5.41) is 2.46. The second-order valence-corrected chi connectivity index (χ2v) is 3.11. The predicted octanol–water partition coefficient (Wildman–Crippen LogP) is 0.876. The van der Waals surface area contributed by atoms with Crippen LogP contribution >= 0.6 is 0 Å². The molecule has 3 N–H and O–H groups in total. The Bertz CT molecular complexity index is 146. The highest BCUT2D eigenvalue weighted by Gasteiger charge is 2.44. The first kappa shape index (κ1) is 9.80. The summed E-state index contributed by atoms with van der Waals surface area (Å²) in [6.07, 6.45) is -2.79. The number of nitrogens with two attached hydrogens (primary N) is 1. The van der Waals surface area contributed by atoms with Crippen LogP contribution in [0.4, 0.5) is 13.2 Å². The van der Waals surface area contributed by atoms with Crippen LogP contribution in [-0.2, 0) is 0 Å². The molecule has 1 rings (SSSR count). The van der Waals surface area contributed by atoms with Crippen LogP contribution in [0.15, 0.2) is 0 Å². The van der Waals surface area contributed by atoms with E-state index in [1.54, 1.807) is 0 Å². The zero-order valence-corrected chi connectivity index (χ0v) is 6.69. The molecule has 0 spiro atoms. The maximum Gasteiger partial charge on any atom is 0.404 e. The van der Waals surface area contributed by atoms with Crippen LogP contribution in [0.25, 0.3) is 0 Å². The maximum absolute atomic E-state index is 12.3. The molecule has 12 heavy (non-hydrogen) atoms. The average molecular weight is 182 g/mol. The van der Waals surface area contributed by atoms with Crippen LogP contribution in [-0.4, -0.2) is 25.3 Å². The van der Waals surface area contributed by atoms with Gasteiger partial charge in [0.05, 0.1) is 0 Å². The zero-order valence-electron chi connectivity index (χ0n) is 6.69. The van der Waals surface area contributed by atoms with Gasteiger partial charge in [-0.15, -0.1) is 0 Å². The van der Waals surface area contributed by atoms with Crippen molar-refractivity contribution in [1.82, 2.24) is 5.32 Å². The van der Waals surface area contributed by atoms with E-state index in [-0.39, 0.29) is 6.54 Å². The van der Waals surface area contributed by atoms with Crippen molar-refractivity contribution in [3.63, 3.8) is 0 Å². The Morgan fingerprint density at radius 2 is 2.08 bits per heavy atom. The third-order valence-corrected chi connectivity index (χ3v) is 2.24. The molecule has 2 nitrogen and oxygen atoms in total. The Kier molecular flexibility index (Phi) is 2.95. The summed E-state index contributed by atoms with van der Waals surface area (Å²) in [6, 6.07) is -1.39. The molecule has 0 saturated carbocycles. The standard InChI is InChI=1S/C7H13F3N2/c8-7(9,10)6-5(4-11)2-1-3-12-6/h5-6,12H,1-4,11H2/t5-,6+/m1/s1. The molecule has 0 aliphatic carbocycles. The number of hydrogen-bond acceptors (Lipinski definition) is 2. The van der Waals surface area contributed by atoms with Crippen LogP contribution in [0.1, 0.15) is 12.8 Å². The lowest BCUT2D eigenvalue weighted by molar-refractivity contribution is -0.171. The van der Waals surface area contributed by atoms with Gasteiger partial charge >= 0.3 is 6.18 Å². The van der Waals surface area contributed by atoms with Crippen LogP contribution in [0.3, 0.4) is 0 Å². The Balaban J connectivity index is 2.59. The van der Waals surface area contributed by atoms with Gasteiger partial charge in [0.2, 0.25) is 0 Å². The first-order valence-corrected chi connectivity index (χ1v) is 4.06. The van der Waals surface area contributed by atoms with Crippen molar-refractivity contribution in [3.8, 4) is 0 Å². The summed E-state index contributed by atoms with van der Waals surface area (Å²) in [5.74, 6) is -0.446. The van der Waals surface area contributed by atoms with Gasteiger partial charge in [-0.3, -0.25) is 0 Å². The third kappa shape index (κ3) is 2.10. The molecule has 1 aliphatic rings. The van der Waals surface area contributed by atoms with E-state index >= 15 is 0 Å². The van der Waals surface area contributed by atoms with Crippen molar-refractivity contribution in [2.24, 2.45) is 11.7 Å². The zero-order chi connectivity index (χ0) is 9.19.